The molecule has 1 unspecified atom stereocenters. The molecule has 0 aromatic carbocycles. The zero-order valence-corrected chi connectivity index (χ0v) is 11.1. The first-order chi connectivity index (χ1) is 6.20. The van der Waals surface area contributed by atoms with Crippen LogP contribution in [0.3, 0.4) is 0 Å². The summed E-state index contributed by atoms with van der Waals surface area (Å²) in [5.41, 5.74) is 4.25. The standard InChI is InChI=1S/C8H16NO.CH4N.W/c1-4-9-6-7(2)5-8(3)10;1-2;/h7,9H,3-6H2,1-2H3;1-2H2;/q2*-1;+2/i2D;;. The van der Waals surface area contributed by atoms with E-state index in [1.54, 1.807) is 0 Å². The SMILES string of the molecule is [2H]CC(CNCC)CC([CH2-])=O.[CH2-]N.[W+2]. The molecule has 0 heterocycles. The van der Waals surface area contributed by atoms with Crippen LogP contribution in [0.2, 0.25) is 0 Å². The van der Waals surface area contributed by atoms with Gasteiger partial charge in [0.05, 0.1) is 0 Å². The number of hydrogen-bond acceptors (Lipinski definition) is 3. The van der Waals surface area contributed by atoms with Crippen molar-refractivity contribution >= 4 is 5.78 Å². The van der Waals surface area contributed by atoms with Gasteiger partial charge in [-0.05, 0) is 31.2 Å². The van der Waals surface area contributed by atoms with Crippen molar-refractivity contribution in [1.29, 1.82) is 0 Å². The Balaban J connectivity index is -0.000000376. The molecule has 0 aromatic heterocycles. The number of Topliss-reactive ketones (excluding diaryl/α,β-unsaturated/α-hetero) is 1. The third-order valence-electron chi connectivity index (χ3n) is 1.20. The molecule has 0 radical (unpaired) electrons. The quantitative estimate of drug-likeness (QED) is 0.715. The van der Waals surface area contributed by atoms with Crippen molar-refractivity contribution in [2.45, 2.75) is 20.2 Å². The maximum absolute atomic E-state index is 10.6. The molecule has 0 bridgehead atoms. The van der Waals surface area contributed by atoms with Crippen LogP contribution in [0.5, 0.6) is 0 Å². The Morgan fingerprint density at radius 1 is 1.69 bits per heavy atom. The summed E-state index contributed by atoms with van der Waals surface area (Å²) in [7, 11) is 2.75. The number of carbonyl (C=O) groups excluding carboxylic acids is 1. The van der Waals surface area contributed by atoms with Crippen LogP contribution < -0.4 is 11.1 Å². The van der Waals surface area contributed by atoms with Crippen molar-refractivity contribution in [3.63, 3.8) is 0 Å². The second-order valence-electron chi connectivity index (χ2n) is 2.42. The van der Waals surface area contributed by atoms with Gasteiger partial charge in [0.1, 0.15) is 0 Å². The van der Waals surface area contributed by atoms with E-state index < -0.39 is 0 Å². The Kier molecular flexibility index (Phi) is 17.6. The van der Waals surface area contributed by atoms with Crippen LogP contribution in [0.15, 0.2) is 0 Å². The summed E-state index contributed by atoms with van der Waals surface area (Å²) in [6, 6.07) is 0. The molecule has 0 aliphatic rings. The average Bonchev–Trinajstić information content (AvgIpc) is 2.15. The molecule has 0 amide bonds. The second kappa shape index (κ2) is 14.7. The molecule has 3 nitrogen and oxygen atoms in total. The minimum atomic E-state index is -0.0693. The van der Waals surface area contributed by atoms with Crippen LogP contribution in [-0.2, 0) is 25.9 Å². The van der Waals surface area contributed by atoms with Gasteiger partial charge in [-0.15, -0.1) is 0 Å². The van der Waals surface area contributed by atoms with E-state index in [1.165, 1.54) is 0 Å². The molecule has 3 N–H and O–H groups in total. The molecule has 0 aliphatic heterocycles. The number of nitrogens with one attached hydrogen (secondary N) is 1. The van der Waals surface area contributed by atoms with Crippen molar-refractivity contribution < 1.29 is 27.2 Å². The number of rotatable bonds is 5. The molecule has 0 spiro atoms. The van der Waals surface area contributed by atoms with Crippen LogP contribution in [0.1, 0.15) is 21.6 Å². The van der Waals surface area contributed by atoms with Gasteiger partial charge in [-0.25, -0.2) is 0 Å². The third kappa shape index (κ3) is 18.8. The van der Waals surface area contributed by atoms with E-state index in [0.29, 0.717) is 13.3 Å². The van der Waals surface area contributed by atoms with Crippen LogP contribution in [0.4, 0.5) is 0 Å². The maximum atomic E-state index is 10.6. The Morgan fingerprint density at radius 3 is 2.54 bits per heavy atom. The van der Waals surface area contributed by atoms with E-state index in [0.717, 1.165) is 13.1 Å². The largest absolute Gasteiger partial charge is 2.00 e. The predicted molar refractivity (Wildman–Crippen MR) is 52.2 cm³/mol. The van der Waals surface area contributed by atoms with Gasteiger partial charge < -0.3 is 22.8 Å². The topological polar surface area (TPSA) is 55.1 Å². The van der Waals surface area contributed by atoms with Crippen molar-refractivity contribution in [3.05, 3.63) is 14.0 Å². The zero-order valence-electron chi connectivity index (χ0n) is 9.21. The Morgan fingerprint density at radius 2 is 2.23 bits per heavy atom. The summed E-state index contributed by atoms with van der Waals surface area (Å²) in [6.45, 7) is 7.23. The molecular weight excluding hydrogens is 336 g/mol. The van der Waals surface area contributed by atoms with Crippen molar-refractivity contribution in [2.24, 2.45) is 11.7 Å². The average molecular weight is 357 g/mol. The molecule has 4 heteroatoms. The summed E-state index contributed by atoms with van der Waals surface area (Å²) in [5, 5.41) is 3.10. The Bertz CT molecular complexity index is 125. The van der Waals surface area contributed by atoms with Gasteiger partial charge in [0.2, 0.25) is 0 Å². The fraction of sp³-hybridized carbons (Fsp3) is 0.667. The fourth-order valence-electron chi connectivity index (χ4n) is 0.743. The van der Waals surface area contributed by atoms with Crippen LogP contribution in [0.25, 0.3) is 0 Å². The summed E-state index contributed by atoms with van der Waals surface area (Å²) < 4.78 is 7.11. The summed E-state index contributed by atoms with van der Waals surface area (Å²) >= 11 is 0. The molecule has 0 aromatic rings. The molecule has 0 rings (SSSR count). The zero-order chi connectivity index (χ0) is 10.7. The second-order valence-corrected chi connectivity index (χ2v) is 2.42. The summed E-state index contributed by atoms with van der Waals surface area (Å²) in [5.74, 6) is 0.0695. The first-order valence-electron chi connectivity index (χ1n) is 4.67. The van der Waals surface area contributed by atoms with Gasteiger partial charge in [0.15, 0.2) is 0 Å². The third-order valence-corrected chi connectivity index (χ3v) is 1.20. The molecule has 0 saturated heterocycles. The molecule has 1 atom stereocenters. The predicted octanol–water partition coefficient (Wildman–Crippen LogP) is 0.759. The Hall–Kier alpha value is 0.148. The van der Waals surface area contributed by atoms with Gasteiger partial charge in [0.25, 0.3) is 0 Å². The number of nitrogens with two attached hydrogens (primary N) is 1. The van der Waals surface area contributed by atoms with Crippen molar-refractivity contribution in [2.75, 3.05) is 13.1 Å². The van der Waals surface area contributed by atoms with E-state index >= 15 is 0 Å². The smallest absolute Gasteiger partial charge is 0.486 e. The number of carbonyl (C=O) groups is 1. The minimum Gasteiger partial charge on any atom is -0.486 e. The first-order valence-corrected chi connectivity index (χ1v) is 3.96. The number of ketones is 1. The first kappa shape index (κ1) is 15.6. The minimum absolute atomic E-state index is 0. The van der Waals surface area contributed by atoms with E-state index in [-0.39, 0.29) is 32.8 Å². The van der Waals surface area contributed by atoms with Gasteiger partial charge in [-0.2, -0.15) is 0 Å². The summed E-state index contributed by atoms with van der Waals surface area (Å²) in [4.78, 5) is 10.6. The molecule has 0 fully saturated rings. The van der Waals surface area contributed by atoms with E-state index in [1.807, 2.05) is 6.92 Å². The maximum Gasteiger partial charge on any atom is 2.00 e. The van der Waals surface area contributed by atoms with Gasteiger partial charge in [-0.1, -0.05) is 13.8 Å². The molecule has 0 aliphatic carbocycles. The van der Waals surface area contributed by atoms with Crippen molar-refractivity contribution in [1.82, 2.24) is 5.32 Å². The molecule has 0 saturated carbocycles. The molecule has 13 heavy (non-hydrogen) atoms. The van der Waals surface area contributed by atoms with Gasteiger partial charge in [0, 0.05) is 1.37 Å². The van der Waals surface area contributed by atoms with Crippen LogP contribution >= 0.6 is 0 Å². The molecular formula is C9H20N2OW. The van der Waals surface area contributed by atoms with Crippen LogP contribution in [0, 0.1) is 19.9 Å². The van der Waals surface area contributed by atoms with Crippen LogP contribution in [-0.4, -0.2) is 18.9 Å². The fourth-order valence-corrected chi connectivity index (χ4v) is 0.743. The molecule has 78 valence electrons. The monoisotopic (exact) mass is 357 g/mol. The van der Waals surface area contributed by atoms with E-state index in [4.69, 9.17) is 1.37 Å². The van der Waals surface area contributed by atoms with Gasteiger partial charge in [-0.3, -0.25) is 7.05 Å². The van der Waals surface area contributed by atoms with E-state index in [2.05, 4.69) is 25.0 Å². The Labute approximate surface area is 97.5 Å². The van der Waals surface area contributed by atoms with Gasteiger partial charge >= 0.3 is 21.1 Å². The summed E-state index contributed by atoms with van der Waals surface area (Å²) in [6.07, 6.45) is 0.427. The number of hydrogen-bond donors (Lipinski definition) is 2. The van der Waals surface area contributed by atoms with Crippen molar-refractivity contribution in [3.8, 4) is 0 Å². The normalized spacial score (nSPS) is 11.5. The van der Waals surface area contributed by atoms with E-state index in [9.17, 15) is 4.79 Å².